The first-order chi connectivity index (χ1) is 9.96. The lowest BCUT2D eigenvalue weighted by atomic mass is 10.1. The molecule has 0 saturated carbocycles. The SMILES string of the molecule is CCN(c1ccc(S(=O)(=O)N(C)C)cn1)C1CCCNC1. The van der Waals surface area contributed by atoms with Gasteiger partial charge in [-0.25, -0.2) is 17.7 Å². The smallest absolute Gasteiger partial charge is 0.244 e. The first-order valence-electron chi connectivity index (χ1n) is 7.32. The van der Waals surface area contributed by atoms with E-state index in [0.717, 1.165) is 38.3 Å². The highest BCUT2D eigenvalue weighted by Crippen LogP contribution is 2.20. The predicted molar refractivity (Wildman–Crippen MR) is 84.0 cm³/mol. The van der Waals surface area contributed by atoms with E-state index >= 15 is 0 Å². The van der Waals surface area contributed by atoms with Gasteiger partial charge in [-0.1, -0.05) is 0 Å². The van der Waals surface area contributed by atoms with E-state index in [9.17, 15) is 8.42 Å². The number of pyridine rings is 1. The van der Waals surface area contributed by atoms with Gasteiger partial charge in [0.25, 0.3) is 0 Å². The summed E-state index contributed by atoms with van der Waals surface area (Å²) in [4.78, 5) is 6.83. The van der Waals surface area contributed by atoms with Crippen LogP contribution in [0.25, 0.3) is 0 Å². The zero-order valence-electron chi connectivity index (χ0n) is 12.9. The molecule has 0 amide bonds. The number of piperidine rings is 1. The molecular weight excluding hydrogens is 288 g/mol. The van der Waals surface area contributed by atoms with E-state index in [-0.39, 0.29) is 4.90 Å². The van der Waals surface area contributed by atoms with Crippen molar-refractivity contribution in [1.82, 2.24) is 14.6 Å². The lowest BCUT2D eigenvalue weighted by Crippen LogP contribution is -2.46. The Kier molecular flexibility index (Phi) is 5.18. The lowest BCUT2D eigenvalue weighted by Gasteiger charge is -2.34. The molecule has 0 bridgehead atoms. The summed E-state index contributed by atoms with van der Waals surface area (Å²) in [5.41, 5.74) is 0. The van der Waals surface area contributed by atoms with Crippen LogP contribution < -0.4 is 10.2 Å². The Bertz CT molecular complexity index is 551. The summed E-state index contributed by atoms with van der Waals surface area (Å²) in [5.74, 6) is 0.837. The summed E-state index contributed by atoms with van der Waals surface area (Å²) in [7, 11) is -0.365. The van der Waals surface area contributed by atoms with Crippen LogP contribution in [0.5, 0.6) is 0 Å². The normalized spacial score (nSPS) is 19.7. The van der Waals surface area contributed by atoms with Crippen molar-refractivity contribution in [3.05, 3.63) is 18.3 Å². The maximum atomic E-state index is 12.0. The van der Waals surface area contributed by atoms with Crippen LogP contribution in [0.4, 0.5) is 5.82 Å². The fraction of sp³-hybridized carbons (Fsp3) is 0.643. The molecule has 0 radical (unpaired) electrons. The Balaban J connectivity index is 2.20. The molecular formula is C14H24N4O2S. The quantitative estimate of drug-likeness (QED) is 0.875. The van der Waals surface area contributed by atoms with Gasteiger partial charge in [-0.3, -0.25) is 0 Å². The molecule has 7 heteroatoms. The summed E-state index contributed by atoms with van der Waals surface area (Å²) in [6.45, 7) is 4.98. The van der Waals surface area contributed by atoms with E-state index < -0.39 is 10.0 Å². The Morgan fingerprint density at radius 3 is 2.62 bits per heavy atom. The van der Waals surface area contributed by atoms with Gasteiger partial charge in [0, 0.05) is 39.4 Å². The maximum Gasteiger partial charge on any atom is 0.244 e. The molecule has 2 heterocycles. The van der Waals surface area contributed by atoms with Crippen molar-refractivity contribution in [2.75, 3.05) is 38.6 Å². The van der Waals surface area contributed by atoms with E-state index in [0.29, 0.717) is 6.04 Å². The molecule has 118 valence electrons. The van der Waals surface area contributed by atoms with Crippen molar-refractivity contribution in [2.45, 2.75) is 30.7 Å². The number of sulfonamides is 1. The van der Waals surface area contributed by atoms with Crippen LogP contribution in [0.1, 0.15) is 19.8 Å². The van der Waals surface area contributed by atoms with Crippen molar-refractivity contribution in [3.8, 4) is 0 Å². The highest BCUT2D eigenvalue weighted by atomic mass is 32.2. The molecule has 0 aromatic carbocycles. The third-order valence-corrected chi connectivity index (χ3v) is 5.64. The van der Waals surface area contributed by atoms with Crippen LogP contribution in [0.3, 0.4) is 0 Å². The van der Waals surface area contributed by atoms with Gasteiger partial charge in [0.2, 0.25) is 10.0 Å². The maximum absolute atomic E-state index is 12.0. The highest BCUT2D eigenvalue weighted by molar-refractivity contribution is 7.89. The minimum absolute atomic E-state index is 0.231. The molecule has 1 saturated heterocycles. The molecule has 21 heavy (non-hydrogen) atoms. The Labute approximate surface area is 127 Å². The van der Waals surface area contributed by atoms with Gasteiger partial charge in [0.1, 0.15) is 10.7 Å². The van der Waals surface area contributed by atoms with E-state index in [4.69, 9.17) is 0 Å². The number of likely N-dealkylation sites (N-methyl/N-ethyl adjacent to an activating group) is 1. The zero-order valence-corrected chi connectivity index (χ0v) is 13.7. The summed E-state index contributed by atoms with van der Waals surface area (Å²) in [6.07, 6.45) is 3.75. The van der Waals surface area contributed by atoms with Crippen molar-refractivity contribution in [3.63, 3.8) is 0 Å². The lowest BCUT2D eigenvalue weighted by molar-refractivity contribution is 0.433. The molecule has 1 aromatic heterocycles. The first kappa shape index (κ1) is 16.2. The van der Waals surface area contributed by atoms with Crippen LogP contribution in [-0.4, -0.2) is 57.5 Å². The van der Waals surface area contributed by atoms with Crippen LogP contribution in [0.2, 0.25) is 0 Å². The van der Waals surface area contributed by atoms with Crippen LogP contribution in [0.15, 0.2) is 23.2 Å². The van der Waals surface area contributed by atoms with E-state index in [1.807, 2.05) is 0 Å². The van der Waals surface area contributed by atoms with Crippen molar-refractivity contribution in [1.29, 1.82) is 0 Å². The van der Waals surface area contributed by atoms with E-state index in [2.05, 4.69) is 22.1 Å². The zero-order chi connectivity index (χ0) is 15.5. The van der Waals surface area contributed by atoms with E-state index in [1.54, 1.807) is 12.1 Å². The molecule has 0 spiro atoms. The first-order valence-corrected chi connectivity index (χ1v) is 8.76. The minimum Gasteiger partial charge on any atom is -0.353 e. The van der Waals surface area contributed by atoms with Gasteiger partial charge in [-0.05, 0) is 38.4 Å². The van der Waals surface area contributed by atoms with Crippen molar-refractivity contribution < 1.29 is 8.42 Å². The van der Waals surface area contributed by atoms with Gasteiger partial charge in [-0.2, -0.15) is 0 Å². The number of nitrogens with zero attached hydrogens (tertiary/aromatic N) is 3. The van der Waals surface area contributed by atoms with Crippen LogP contribution in [-0.2, 0) is 10.0 Å². The second-order valence-corrected chi connectivity index (χ2v) is 7.58. The number of rotatable bonds is 5. The number of hydrogen-bond donors (Lipinski definition) is 1. The molecule has 1 fully saturated rings. The minimum atomic E-state index is -3.41. The Hall–Kier alpha value is -1.18. The average molecular weight is 312 g/mol. The summed E-state index contributed by atoms with van der Waals surface area (Å²) in [6, 6.07) is 3.86. The van der Waals surface area contributed by atoms with Crippen LogP contribution >= 0.6 is 0 Å². The number of nitrogens with one attached hydrogen (secondary N) is 1. The number of hydrogen-bond acceptors (Lipinski definition) is 5. The fourth-order valence-electron chi connectivity index (χ4n) is 2.61. The largest absolute Gasteiger partial charge is 0.353 e. The average Bonchev–Trinajstić information content (AvgIpc) is 2.49. The number of anilines is 1. The second-order valence-electron chi connectivity index (χ2n) is 5.43. The van der Waals surface area contributed by atoms with Gasteiger partial charge < -0.3 is 10.2 Å². The summed E-state index contributed by atoms with van der Waals surface area (Å²) < 4.78 is 25.3. The molecule has 1 aromatic rings. The third-order valence-electron chi connectivity index (χ3n) is 3.85. The van der Waals surface area contributed by atoms with Crippen molar-refractivity contribution >= 4 is 15.8 Å². The van der Waals surface area contributed by atoms with Gasteiger partial charge in [0.05, 0.1) is 0 Å². The van der Waals surface area contributed by atoms with Gasteiger partial charge in [0.15, 0.2) is 0 Å². The molecule has 1 atom stereocenters. The monoisotopic (exact) mass is 312 g/mol. The molecule has 1 aliphatic heterocycles. The second kappa shape index (κ2) is 6.72. The van der Waals surface area contributed by atoms with Gasteiger partial charge >= 0.3 is 0 Å². The van der Waals surface area contributed by atoms with E-state index in [1.165, 1.54) is 24.6 Å². The Morgan fingerprint density at radius 2 is 2.14 bits per heavy atom. The standard InChI is InChI=1S/C14H24N4O2S/c1-4-18(12-6-5-9-15-10-12)14-8-7-13(11-16-14)21(19,20)17(2)3/h7-8,11-12,15H,4-6,9-10H2,1-3H3. The molecule has 1 aliphatic rings. The molecule has 1 N–H and O–H groups in total. The molecule has 0 aliphatic carbocycles. The summed E-state index contributed by atoms with van der Waals surface area (Å²) >= 11 is 0. The predicted octanol–water partition coefficient (Wildman–Crippen LogP) is 0.910. The van der Waals surface area contributed by atoms with Crippen LogP contribution in [0, 0.1) is 0 Å². The molecule has 2 rings (SSSR count). The van der Waals surface area contributed by atoms with Gasteiger partial charge in [-0.15, -0.1) is 0 Å². The molecule has 1 unspecified atom stereocenters. The highest BCUT2D eigenvalue weighted by Gasteiger charge is 2.22. The molecule has 6 nitrogen and oxygen atoms in total. The van der Waals surface area contributed by atoms with Crippen molar-refractivity contribution in [2.24, 2.45) is 0 Å². The summed E-state index contributed by atoms with van der Waals surface area (Å²) in [5, 5.41) is 3.40. The number of aromatic nitrogens is 1. The third kappa shape index (κ3) is 3.53. The Morgan fingerprint density at radius 1 is 1.38 bits per heavy atom. The fourth-order valence-corrected chi connectivity index (χ4v) is 3.46. The topological polar surface area (TPSA) is 65.5 Å².